The molecule has 0 N–H and O–H groups in total. The van der Waals surface area contributed by atoms with Gasteiger partial charge in [0, 0.05) is 21.3 Å². The minimum atomic E-state index is -3.71. The molecule has 0 unspecified atom stereocenters. The lowest BCUT2D eigenvalue weighted by molar-refractivity contribution is 0.0891. The molecule has 0 fully saturated rings. The third kappa shape index (κ3) is 1.72. The lowest BCUT2D eigenvalue weighted by atomic mass is 11.7. The molecule has 3 nitrogen and oxygen atoms in total. The summed E-state index contributed by atoms with van der Waals surface area (Å²) in [6.07, 6.45) is 0. The average Bonchev–Trinajstić information content (AvgIpc) is 1.92. The largest absolute Gasteiger partial charge is 0.581 e. The van der Waals surface area contributed by atoms with E-state index in [4.69, 9.17) is 0 Å². The number of rotatable bonds is 4. The predicted octanol–water partition coefficient (Wildman–Crippen LogP) is 0.832. The molecule has 0 atom stereocenters. The molecule has 0 aromatic carbocycles. The first kappa shape index (κ1) is 9.96. The van der Waals surface area contributed by atoms with Gasteiger partial charge in [0.15, 0.2) is 0 Å². The van der Waals surface area contributed by atoms with Crippen molar-refractivity contribution in [2.45, 2.75) is 0 Å². The highest BCUT2D eigenvalue weighted by Gasteiger charge is 2.51. The van der Waals surface area contributed by atoms with Crippen molar-refractivity contribution in [3.8, 4) is 0 Å². The van der Waals surface area contributed by atoms with Crippen LogP contribution in [0.1, 0.15) is 0 Å². The van der Waals surface area contributed by atoms with E-state index in [1.54, 1.807) is 0 Å². The van der Waals surface area contributed by atoms with Crippen LogP contribution in [0.4, 0.5) is 8.78 Å². The van der Waals surface area contributed by atoms with Crippen LogP contribution in [0.3, 0.4) is 0 Å². The van der Waals surface area contributed by atoms with Crippen molar-refractivity contribution >= 4 is 8.80 Å². The Morgan fingerprint density at radius 1 is 1.00 bits per heavy atom. The summed E-state index contributed by atoms with van der Waals surface area (Å²) in [5, 5.41) is 0. The molecular weight excluding hydrogens is 162 g/mol. The third-order valence-corrected chi connectivity index (χ3v) is 3.11. The topological polar surface area (TPSA) is 27.7 Å². The highest BCUT2D eigenvalue weighted by atomic mass is 28.4. The zero-order valence-electron chi connectivity index (χ0n) is 5.98. The lowest BCUT2D eigenvalue weighted by Gasteiger charge is -2.21. The molecule has 0 bridgehead atoms. The van der Waals surface area contributed by atoms with Crippen LogP contribution in [-0.2, 0) is 13.3 Å². The molecule has 0 saturated carbocycles. The van der Waals surface area contributed by atoms with Gasteiger partial charge in [0.1, 0.15) is 0 Å². The monoisotopic (exact) mass is 171 g/mol. The van der Waals surface area contributed by atoms with Crippen molar-refractivity contribution in [2.75, 3.05) is 21.3 Å². The minimum Gasteiger partial charge on any atom is -0.373 e. The molecule has 0 rings (SSSR count). The summed E-state index contributed by atoms with van der Waals surface area (Å²) in [5.41, 5.74) is 0. The SMILES string of the molecule is CO[Si](OC)(OC)[C](F)F. The molecule has 1 radical (unpaired) electrons. The lowest BCUT2D eigenvalue weighted by Crippen LogP contribution is -2.46. The van der Waals surface area contributed by atoms with E-state index in [0.29, 0.717) is 0 Å². The second-order valence-electron chi connectivity index (χ2n) is 1.43. The summed E-state index contributed by atoms with van der Waals surface area (Å²) >= 11 is 0. The zero-order valence-corrected chi connectivity index (χ0v) is 6.98. The van der Waals surface area contributed by atoms with Crippen LogP contribution in [0.25, 0.3) is 0 Å². The molecule has 0 aromatic rings. The van der Waals surface area contributed by atoms with Gasteiger partial charge in [0.2, 0.25) is 0 Å². The van der Waals surface area contributed by atoms with E-state index >= 15 is 0 Å². The fourth-order valence-electron chi connectivity index (χ4n) is 0.481. The van der Waals surface area contributed by atoms with Crippen LogP contribution in [0.2, 0.25) is 0 Å². The van der Waals surface area contributed by atoms with Gasteiger partial charge in [0.05, 0.1) is 0 Å². The second kappa shape index (κ2) is 3.97. The van der Waals surface area contributed by atoms with E-state index in [0.717, 1.165) is 21.3 Å². The normalized spacial score (nSPS) is 12.6. The number of hydrogen-bond acceptors (Lipinski definition) is 3. The van der Waals surface area contributed by atoms with Gasteiger partial charge >= 0.3 is 14.9 Å². The van der Waals surface area contributed by atoms with Crippen LogP contribution in [0.5, 0.6) is 0 Å². The van der Waals surface area contributed by atoms with Gasteiger partial charge in [0.25, 0.3) is 0 Å². The van der Waals surface area contributed by atoms with E-state index in [2.05, 4.69) is 13.3 Å². The Balaban J connectivity index is 4.15. The van der Waals surface area contributed by atoms with Crippen molar-refractivity contribution < 1.29 is 22.1 Å². The smallest absolute Gasteiger partial charge is 0.373 e. The first-order valence-corrected chi connectivity index (χ1v) is 4.19. The fraction of sp³-hybridized carbons (Fsp3) is 0.750. The molecular formula is C4H9F2O3Si. The maximum atomic E-state index is 12.0. The van der Waals surface area contributed by atoms with E-state index in [1.165, 1.54) is 0 Å². The van der Waals surface area contributed by atoms with E-state index in [1.807, 2.05) is 0 Å². The van der Waals surface area contributed by atoms with E-state index in [-0.39, 0.29) is 0 Å². The summed E-state index contributed by atoms with van der Waals surface area (Å²) in [6.45, 7) is 0. The highest BCUT2D eigenvalue weighted by molar-refractivity contribution is 6.65. The number of hydrogen-bond donors (Lipinski definition) is 0. The Kier molecular flexibility index (Phi) is 3.95. The first-order chi connectivity index (χ1) is 4.63. The van der Waals surface area contributed by atoms with Crippen LogP contribution < -0.4 is 0 Å². The van der Waals surface area contributed by atoms with Gasteiger partial charge in [-0.1, -0.05) is 0 Å². The summed E-state index contributed by atoms with van der Waals surface area (Å²) in [6, 6.07) is -1.93. The minimum absolute atomic E-state index is 1.12. The van der Waals surface area contributed by atoms with Crippen LogP contribution >= 0.6 is 0 Å². The molecule has 0 aliphatic carbocycles. The molecule has 61 valence electrons. The summed E-state index contributed by atoms with van der Waals surface area (Å²) in [7, 11) is -0.341. The molecule has 0 aliphatic rings. The first-order valence-electron chi connectivity index (χ1n) is 2.47. The van der Waals surface area contributed by atoms with Gasteiger partial charge in [-0.3, -0.25) is 0 Å². The fourth-order valence-corrected chi connectivity index (χ4v) is 1.44. The van der Waals surface area contributed by atoms with Gasteiger partial charge < -0.3 is 13.3 Å². The maximum absolute atomic E-state index is 12.0. The molecule has 0 saturated heterocycles. The Hall–Kier alpha value is -0.0431. The molecule has 0 aromatic heterocycles. The Bertz CT molecular complexity index is 88.2. The molecule has 0 spiro atoms. The highest BCUT2D eigenvalue weighted by Crippen LogP contribution is 2.22. The maximum Gasteiger partial charge on any atom is 0.581 e. The van der Waals surface area contributed by atoms with E-state index < -0.39 is 14.9 Å². The third-order valence-electron chi connectivity index (χ3n) is 1.04. The Morgan fingerprint density at radius 2 is 1.30 bits per heavy atom. The van der Waals surface area contributed by atoms with Gasteiger partial charge in [-0.05, 0) is 0 Å². The van der Waals surface area contributed by atoms with Crippen LogP contribution in [0, 0.1) is 6.05 Å². The second-order valence-corrected chi connectivity index (χ2v) is 4.14. The van der Waals surface area contributed by atoms with Crippen molar-refractivity contribution in [3.63, 3.8) is 0 Å². The quantitative estimate of drug-likeness (QED) is 0.586. The van der Waals surface area contributed by atoms with Crippen molar-refractivity contribution in [3.05, 3.63) is 6.05 Å². The standard InChI is InChI=1S/C4H9F2O3Si/c1-7-10(8-2,9-3)4(5)6/h1-3H3. The summed E-state index contributed by atoms with van der Waals surface area (Å²) in [4.78, 5) is 0. The van der Waals surface area contributed by atoms with Gasteiger partial charge in [-0.2, -0.15) is 8.78 Å². The van der Waals surface area contributed by atoms with Crippen molar-refractivity contribution in [1.29, 1.82) is 0 Å². The van der Waals surface area contributed by atoms with Gasteiger partial charge in [-0.15, -0.1) is 0 Å². The number of halogens is 2. The molecule has 0 aliphatic heterocycles. The molecule has 0 amide bonds. The molecule has 6 heteroatoms. The Morgan fingerprint density at radius 3 is 1.30 bits per heavy atom. The summed E-state index contributed by atoms with van der Waals surface area (Å²) < 4.78 is 37.1. The van der Waals surface area contributed by atoms with Crippen molar-refractivity contribution in [2.24, 2.45) is 0 Å². The molecule has 10 heavy (non-hydrogen) atoms. The summed E-state index contributed by atoms with van der Waals surface area (Å²) in [5.74, 6) is 0. The van der Waals surface area contributed by atoms with Gasteiger partial charge in [-0.25, -0.2) is 0 Å². The average molecular weight is 171 g/mol. The molecule has 0 heterocycles. The van der Waals surface area contributed by atoms with Crippen LogP contribution in [-0.4, -0.2) is 30.1 Å². The van der Waals surface area contributed by atoms with Crippen molar-refractivity contribution in [1.82, 2.24) is 0 Å². The van der Waals surface area contributed by atoms with E-state index in [9.17, 15) is 8.78 Å². The Labute approximate surface area is 59.3 Å². The zero-order chi connectivity index (χ0) is 8.20. The predicted molar refractivity (Wildman–Crippen MR) is 32.2 cm³/mol. The van der Waals surface area contributed by atoms with Crippen LogP contribution in [0.15, 0.2) is 0 Å².